The standard InChI is InChI=1S/C23H26N4O2S/c28-22(23(10-11-23)18-6-2-1-3-7-18)27-15-13-26(14-16-27)12-4-9-20-24-21(25-29-20)19-8-5-17-30-19/h1-3,5-8,17H,4,9-16H2. The Morgan fingerprint density at radius 1 is 1.07 bits per heavy atom. The minimum Gasteiger partial charge on any atom is -0.339 e. The number of nitrogens with zero attached hydrogens (tertiary/aromatic N) is 4. The molecule has 1 saturated heterocycles. The SMILES string of the molecule is O=C(N1CCN(CCCc2nc(-c3cccs3)no2)CC1)C1(c2ccccc2)CC1. The number of carbonyl (C=O) groups is 1. The summed E-state index contributed by atoms with van der Waals surface area (Å²) in [5.74, 6) is 1.70. The highest BCUT2D eigenvalue weighted by Crippen LogP contribution is 2.49. The van der Waals surface area contributed by atoms with Crippen molar-refractivity contribution in [3.63, 3.8) is 0 Å². The normalized spacial score (nSPS) is 18.5. The van der Waals surface area contributed by atoms with E-state index in [2.05, 4.69) is 32.1 Å². The molecule has 6 nitrogen and oxygen atoms in total. The molecule has 30 heavy (non-hydrogen) atoms. The minimum absolute atomic E-state index is 0.248. The summed E-state index contributed by atoms with van der Waals surface area (Å²) in [4.78, 5) is 23.2. The van der Waals surface area contributed by atoms with Crippen LogP contribution in [0.25, 0.3) is 10.7 Å². The van der Waals surface area contributed by atoms with Gasteiger partial charge in [0, 0.05) is 32.6 Å². The molecule has 2 aromatic heterocycles. The van der Waals surface area contributed by atoms with Crippen LogP contribution in [0, 0.1) is 0 Å². The highest BCUT2D eigenvalue weighted by atomic mass is 32.1. The summed E-state index contributed by atoms with van der Waals surface area (Å²) in [5, 5.41) is 6.09. The Labute approximate surface area is 180 Å². The second kappa shape index (κ2) is 8.32. The van der Waals surface area contributed by atoms with Crippen molar-refractivity contribution >= 4 is 17.2 Å². The number of hydrogen-bond donors (Lipinski definition) is 0. The van der Waals surface area contributed by atoms with Crippen molar-refractivity contribution in [2.45, 2.75) is 31.1 Å². The molecule has 1 aliphatic heterocycles. The first kappa shape index (κ1) is 19.5. The molecule has 1 saturated carbocycles. The second-order valence-corrected chi connectivity index (χ2v) is 9.12. The minimum atomic E-state index is -0.248. The maximum Gasteiger partial charge on any atom is 0.233 e. The van der Waals surface area contributed by atoms with Crippen LogP contribution in [0.5, 0.6) is 0 Å². The Bertz CT molecular complexity index is 974. The molecule has 2 aliphatic rings. The van der Waals surface area contributed by atoms with Crippen LogP contribution in [0.15, 0.2) is 52.4 Å². The summed E-state index contributed by atoms with van der Waals surface area (Å²) in [6, 6.07) is 14.3. The van der Waals surface area contributed by atoms with Gasteiger partial charge >= 0.3 is 0 Å². The van der Waals surface area contributed by atoms with Gasteiger partial charge in [-0.1, -0.05) is 41.6 Å². The van der Waals surface area contributed by atoms with Gasteiger partial charge in [-0.3, -0.25) is 9.69 Å². The smallest absolute Gasteiger partial charge is 0.233 e. The van der Waals surface area contributed by atoms with Gasteiger partial charge in [-0.15, -0.1) is 11.3 Å². The summed E-state index contributed by atoms with van der Waals surface area (Å²) in [6.45, 7) is 4.48. The maximum absolute atomic E-state index is 13.2. The van der Waals surface area contributed by atoms with Gasteiger partial charge in [0.05, 0.1) is 10.3 Å². The Balaban J connectivity index is 1.08. The van der Waals surface area contributed by atoms with E-state index in [1.165, 1.54) is 5.56 Å². The highest BCUT2D eigenvalue weighted by Gasteiger charge is 2.53. The molecule has 156 valence electrons. The molecule has 1 aliphatic carbocycles. The fourth-order valence-corrected chi connectivity index (χ4v) is 4.95. The van der Waals surface area contributed by atoms with Gasteiger partial charge in [-0.25, -0.2) is 0 Å². The monoisotopic (exact) mass is 422 g/mol. The van der Waals surface area contributed by atoms with E-state index < -0.39 is 0 Å². The zero-order valence-electron chi connectivity index (χ0n) is 17.0. The third-order valence-corrected chi connectivity index (χ3v) is 7.09. The number of aryl methyl sites for hydroxylation is 1. The Morgan fingerprint density at radius 3 is 2.57 bits per heavy atom. The first-order chi connectivity index (χ1) is 14.7. The zero-order valence-corrected chi connectivity index (χ0v) is 17.8. The Kier molecular flexibility index (Phi) is 5.39. The summed E-state index contributed by atoms with van der Waals surface area (Å²) in [6.07, 6.45) is 3.73. The quantitative estimate of drug-likeness (QED) is 0.582. The van der Waals surface area contributed by atoms with Gasteiger partial charge in [0.2, 0.25) is 17.6 Å². The predicted molar refractivity (Wildman–Crippen MR) is 116 cm³/mol. The Morgan fingerprint density at radius 2 is 1.87 bits per heavy atom. The van der Waals surface area contributed by atoms with Crippen LogP contribution in [-0.2, 0) is 16.6 Å². The molecule has 1 amide bonds. The van der Waals surface area contributed by atoms with Crippen LogP contribution < -0.4 is 0 Å². The van der Waals surface area contributed by atoms with E-state index >= 15 is 0 Å². The molecule has 3 heterocycles. The lowest BCUT2D eigenvalue weighted by atomic mass is 9.94. The molecule has 5 rings (SSSR count). The van der Waals surface area contributed by atoms with E-state index in [4.69, 9.17) is 4.52 Å². The van der Waals surface area contributed by atoms with E-state index in [1.807, 2.05) is 35.7 Å². The first-order valence-electron chi connectivity index (χ1n) is 10.7. The van der Waals surface area contributed by atoms with Crippen molar-refractivity contribution in [3.05, 3.63) is 59.3 Å². The molecule has 2 fully saturated rings. The summed E-state index contributed by atoms with van der Waals surface area (Å²) in [7, 11) is 0. The van der Waals surface area contributed by atoms with Gasteiger partial charge < -0.3 is 9.42 Å². The predicted octanol–water partition coefficient (Wildman–Crippen LogP) is 3.61. The molecule has 1 aromatic carbocycles. The van der Waals surface area contributed by atoms with Crippen LogP contribution in [0.2, 0.25) is 0 Å². The molecule has 7 heteroatoms. The summed E-state index contributed by atoms with van der Waals surface area (Å²) in [5.41, 5.74) is 0.931. The number of amides is 1. The first-order valence-corrected chi connectivity index (χ1v) is 11.6. The number of carbonyl (C=O) groups excluding carboxylic acids is 1. The molecule has 0 radical (unpaired) electrons. The van der Waals surface area contributed by atoms with Gasteiger partial charge in [-0.2, -0.15) is 4.98 Å². The van der Waals surface area contributed by atoms with Crippen LogP contribution in [0.1, 0.15) is 30.7 Å². The van der Waals surface area contributed by atoms with E-state index in [-0.39, 0.29) is 5.41 Å². The molecular formula is C23H26N4O2S. The average Bonchev–Trinajstić information content (AvgIpc) is 3.18. The summed E-state index contributed by atoms with van der Waals surface area (Å²) >= 11 is 1.62. The third kappa shape index (κ3) is 3.91. The largest absolute Gasteiger partial charge is 0.339 e. The maximum atomic E-state index is 13.2. The lowest BCUT2D eigenvalue weighted by Crippen LogP contribution is -2.51. The molecule has 0 atom stereocenters. The molecule has 0 bridgehead atoms. The van der Waals surface area contributed by atoms with E-state index in [1.54, 1.807) is 11.3 Å². The van der Waals surface area contributed by atoms with Crippen molar-refractivity contribution in [1.29, 1.82) is 0 Å². The number of benzene rings is 1. The van der Waals surface area contributed by atoms with E-state index in [0.29, 0.717) is 17.6 Å². The molecule has 3 aromatic rings. The van der Waals surface area contributed by atoms with Crippen LogP contribution in [0.4, 0.5) is 0 Å². The second-order valence-electron chi connectivity index (χ2n) is 8.17. The number of hydrogen-bond acceptors (Lipinski definition) is 6. The summed E-state index contributed by atoms with van der Waals surface area (Å²) < 4.78 is 5.39. The number of rotatable bonds is 7. The van der Waals surface area contributed by atoms with Crippen LogP contribution in [-0.4, -0.2) is 58.6 Å². The molecular weight excluding hydrogens is 396 g/mol. The fourth-order valence-electron chi connectivity index (χ4n) is 4.30. The number of thiophene rings is 1. The van der Waals surface area contributed by atoms with Crippen molar-refractivity contribution < 1.29 is 9.32 Å². The fraction of sp³-hybridized carbons (Fsp3) is 0.435. The van der Waals surface area contributed by atoms with Crippen LogP contribution in [0.3, 0.4) is 0 Å². The van der Waals surface area contributed by atoms with Crippen molar-refractivity contribution in [3.8, 4) is 10.7 Å². The highest BCUT2D eigenvalue weighted by molar-refractivity contribution is 7.13. The molecule has 0 spiro atoms. The number of piperazine rings is 1. The zero-order chi connectivity index (χ0) is 20.4. The number of aromatic nitrogens is 2. The topological polar surface area (TPSA) is 62.5 Å². The third-order valence-electron chi connectivity index (χ3n) is 6.22. The lowest BCUT2D eigenvalue weighted by Gasteiger charge is -2.36. The molecule has 0 N–H and O–H groups in total. The average molecular weight is 423 g/mol. The van der Waals surface area contributed by atoms with Gasteiger partial charge in [-0.05, 0) is 42.8 Å². The van der Waals surface area contributed by atoms with Gasteiger partial charge in [0.15, 0.2) is 0 Å². The van der Waals surface area contributed by atoms with Crippen LogP contribution >= 0.6 is 11.3 Å². The van der Waals surface area contributed by atoms with Crippen molar-refractivity contribution in [1.82, 2.24) is 19.9 Å². The van der Waals surface area contributed by atoms with E-state index in [9.17, 15) is 4.79 Å². The van der Waals surface area contributed by atoms with Crippen molar-refractivity contribution in [2.24, 2.45) is 0 Å². The van der Waals surface area contributed by atoms with Crippen molar-refractivity contribution in [2.75, 3.05) is 32.7 Å². The van der Waals surface area contributed by atoms with Gasteiger partial charge in [0.25, 0.3) is 0 Å². The molecule has 0 unspecified atom stereocenters. The lowest BCUT2D eigenvalue weighted by molar-refractivity contribution is -0.135. The van der Waals surface area contributed by atoms with E-state index in [0.717, 1.165) is 63.3 Å². The van der Waals surface area contributed by atoms with Gasteiger partial charge in [0.1, 0.15) is 0 Å². The Hall–Kier alpha value is -2.51.